The molecule has 2 heterocycles. The van der Waals surface area contributed by atoms with Gasteiger partial charge >= 0.3 is 0 Å². The van der Waals surface area contributed by atoms with Crippen LogP contribution in [0.4, 0.5) is 0 Å². The van der Waals surface area contributed by atoms with Gasteiger partial charge in [-0.1, -0.05) is 0 Å². The molecule has 0 atom stereocenters. The highest BCUT2D eigenvalue weighted by atomic mass is 16.5. The number of pyridine rings is 2. The topological polar surface area (TPSA) is 57.5 Å². The van der Waals surface area contributed by atoms with Crippen molar-refractivity contribution < 1.29 is 24.1 Å². The number of hydrogen-bond acceptors (Lipinski definition) is 3. The highest BCUT2D eigenvalue weighted by Crippen LogP contribution is 2.01. The number of aromatic hydroxyl groups is 2. The standard InChI is InChI=1S/C12H12N2O3/c15-11-3-1-5-13(7-11)9-17-10-14-6-2-4-12(16)8-14/h1-8H,9-10H2/p+2. The van der Waals surface area contributed by atoms with Crippen LogP contribution in [-0.2, 0) is 18.2 Å². The minimum absolute atomic E-state index is 0.195. The van der Waals surface area contributed by atoms with Crippen LogP contribution in [0.15, 0.2) is 49.1 Å². The Bertz CT molecular complexity index is 457. The third-order valence-corrected chi connectivity index (χ3v) is 2.17. The molecule has 2 aromatic heterocycles. The van der Waals surface area contributed by atoms with Gasteiger partial charge in [-0.3, -0.25) is 4.74 Å². The van der Waals surface area contributed by atoms with Crippen molar-refractivity contribution in [3.63, 3.8) is 0 Å². The van der Waals surface area contributed by atoms with E-state index in [0.717, 1.165) is 0 Å². The summed E-state index contributed by atoms with van der Waals surface area (Å²) in [7, 11) is 0. The monoisotopic (exact) mass is 234 g/mol. The fraction of sp³-hybridized carbons (Fsp3) is 0.167. The number of ether oxygens (including phenoxy) is 1. The van der Waals surface area contributed by atoms with Gasteiger partial charge in [-0.2, -0.15) is 9.13 Å². The minimum atomic E-state index is 0.195. The summed E-state index contributed by atoms with van der Waals surface area (Å²) in [6.45, 7) is 0.661. The van der Waals surface area contributed by atoms with E-state index in [9.17, 15) is 10.2 Å². The molecule has 2 aromatic rings. The van der Waals surface area contributed by atoms with E-state index >= 15 is 0 Å². The normalized spacial score (nSPS) is 10.4. The lowest BCUT2D eigenvalue weighted by Gasteiger charge is -1.98. The van der Waals surface area contributed by atoms with Crippen molar-refractivity contribution in [1.82, 2.24) is 0 Å². The lowest BCUT2D eigenvalue weighted by atomic mass is 10.4. The molecule has 0 aliphatic carbocycles. The van der Waals surface area contributed by atoms with E-state index < -0.39 is 0 Å². The van der Waals surface area contributed by atoms with Crippen LogP contribution in [-0.4, -0.2) is 10.2 Å². The average Bonchev–Trinajstić information content (AvgIpc) is 2.29. The molecule has 17 heavy (non-hydrogen) atoms. The number of rotatable bonds is 4. The molecule has 5 heteroatoms. The highest BCUT2D eigenvalue weighted by molar-refractivity contribution is 5.09. The SMILES string of the molecule is Oc1ccc[n+](COC[n+]2cccc(O)c2)c1. The Morgan fingerprint density at radius 3 is 1.76 bits per heavy atom. The van der Waals surface area contributed by atoms with Gasteiger partial charge in [-0.05, 0) is 12.1 Å². The maximum absolute atomic E-state index is 9.25. The first-order valence-electron chi connectivity index (χ1n) is 5.18. The first kappa shape index (κ1) is 11.3. The molecule has 5 nitrogen and oxygen atoms in total. The van der Waals surface area contributed by atoms with E-state index in [2.05, 4.69) is 0 Å². The molecule has 0 aliphatic heterocycles. The van der Waals surface area contributed by atoms with Crippen molar-refractivity contribution in [2.45, 2.75) is 13.5 Å². The first-order chi connectivity index (χ1) is 8.24. The summed E-state index contributed by atoms with van der Waals surface area (Å²) in [6.07, 6.45) is 6.75. The zero-order valence-electron chi connectivity index (χ0n) is 9.23. The van der Waals surface area contributed by atoms with E-state index in [1.54, 1.807) is 58.2 Å². The van der Waals surface area contributed by atoms with Gasteiger partial charge in [0.25, 0.3) is 13.5 Å². The molecule has 0 spiro atoms. The predicted molar refractivity (Wildman–Crippen MR) is 57.7 cm³/mol. The predicted octanol–water partition coefficient (Wildman–Crippen LogP) is 0.305. The Kier molecular flexibility index (Phi) is 3.52. The lowest BCUT2D eigenvalue weighted by molar-refractivity contribution is -0.788. The van der Waals surface area contributed by atoms with Crippen LogP contribution < -0.4 is 9.13 Å². The number of aromatic nitrogens is 2. The van der Waals surface area contributed by atoms with Crippen molar-refractivity contribution >= 4 is 0 Å². The molecule has 0 aromatic carbocycles. The second-order valence-corrected chi connectivity index (χ2v) is 3.62. The van der Waals surface area contributed by atoms with Gasteiger partial charge in [-0.15, -0.1) is 0 Å². The molecule has 0 unspecified atom stereocenters. The second-order valence-electron chi connectivity index (χ2n) is 3.62. The van der Waals surface area contributed by atoms with Crippen LogP contribution in [0.5, 0.6) is 11.5 Å². The summed E-state index contributed by atoms with van der Waals surface area (Å²) in [5.74, 6) is 0.391. The van der Waals surface area contributed by atoms with Gasteiger partial charge in [0.1, 0.15) is 0 Å². The van der Waals surface area contributed by atoms with Crippen LogP contribution in [0, 0.1) is 0 Å². The molecule has 2 N–H and O–H groups in total. The summed E-state index contributed by atoms with van der Waals surface area (Å²) in [6, 6.07) is 6.67. The van der Waals surface area contributed by atoms with Crippen LogP contribution >= 0.6 is 0 Å². The van der Waals surface area contributed by atoms with E-state index in [1.165, 1.54) is 0 Å². The first-order valence-corrected chi connectivity index (χ1v) is 5.18. The van der Waals surface area contributed by atoms with E-state index in [1.807, 2.05) is 0 Å². The van der Waals surface area contributed by atoms with Crippen molar-refractivity contribution in [3.8, 4) is 11.5 Å². The van der Waals surface area contributed by atoms with E-state index in [-0.39, 0.29) is 11.5 Å². The second kappa shape index (κ2) is 5.27. The van der Waals surface area contributed by atoms with Crippen LogP contribution in [0.25, 0.3) is 0 Å². The third-order valence-electron chi connectivity index (χ3n) is 2.17. The fourth-order valence-electron chi connectivity index (χ4n) is 1.43. The van der Waals surface area contributed by atoms with Gasteiger partial charge in [-0.25, -0.2) is 0 Å². The van der Waals surface area contributed by atoms with Gasteiger partial charge in [0.2, 0.25) is 12.4 Å². The van der Waals surface area contributed by atoms with Gasteiger partial charge < -0.3 is 10.2 Å². The number of nitrogens with zero attached hydrogens (tertiary/aromatic N) is 2. The molecular weight excluding hydrogens is 220 g/mol. The van der Waals surface area contributed by atoms with Gasteiger partial charge in [0.15, 0.2) is 23.9 Å². The van der Waals surface area contributed by atoms with E-state index in [0.29, 0.717) is 13.5 Å². The molecule has 0 radical (unpaired) electrons. The van der Waals surface area contributed by atoms with Crippen LogP contribution in [0.3, 0.4) is 0 Å². The highest BCUT2D eigenvalue weighted by Gasteiger charge is 2.05. The van der Waals surface area contributed by atoms with Crippen molar-refractivity contribution in [3.05, 3.63) is 49.1 Å². The quantitative estimate of drug-likeness (QED) is 0.748. The smallest absolute Gasteiger partial charge is 0.257 e. The summed E-state index contributed by atoms with van der Waals surface area (Å²) in [4.78, 5) is 0. The summed E-state index contributed by atoms with van der Waals surface area (Å²) in [5.41, 5.74) is 0. The van der Waals surface area contributed by atoms with Gasteiger partial charge in [0.05, 0.1) is 0 Å². The van der Waals surface area contributed by atoms with Crippen molar-refractivity contribution in [2.24, 2.45) is 0 Å². The van der Waals surface area contributed by atoms with Gasteiger partial charge in [0, 0.05) is 12.1 Å². The zero-order chi connectivity index (χ0) is 12.1. The molecular formula is C12H14N2O3+2. The summed E-state index contributed by atoms with van der Waals surface area (Å²) >= 11 is 0. The largest absolute Gasteiger partial charge is 0.503 e. The number of hydrogen-bond donors (Lipinski definition) is 2. The summed E-state index contributed by atoms with van der Waals surface area (Å²) < 4.78 is 8.86. The Hall–Kier alpha value is -2.14. The molecule has 0 saturated heterocycles. The third kappa shape index (κ3) is 3.42. The molecule has 0 amide bonds. The van der Waals surface area contributed by atoms with E-state index in [4.69, 9.17) is 4.74 Å². The maximum Gasteiger partial charge on any atom is 0.257 e. The van der Waals surface area contributed by atoms with Crippen LogP contribution in [0.2, 0.25) is 0 Å². The summed E-state index contributed by atoms with van der Waals surface area (Å²) in [5, 5.41) is 18.5. The Morgan fingerprint density at radius 2 is 1.35 bits per heavy atom. The van der Waals surface area contributed by atoms with Crippen LogP contribution in [0.1, 0.15) is 0 Å². The Balaban J connectivity index is 1.87. The molecule has 0 aliphatic rings. The van der Waals surface area contributed by atoms with Crippen molar-refractivity contribution in [2.75, 3.05) is 0 Å². The Labute approximate surface area is 98.8 Å². The average molecular weight is 234 g/mol. The molecule has 88 valence electrons. The van der Waals surface area contributed by atoms with Crippen molar-refractivity contribution in [1.29, 1.82) is 0 Å². The minimum Gasteiger partial charge on any atom is -0.503 e. The molecule has 0 fully saturated rings. The maximum atomic E-state index is 9.25. The molecule has 0 saturated carbocycles. The zero-order valence-corrected chi connectivity index (χ0v) is 9.23. The fourth-order valence-corrected chi connectivity index (χ4v) is 1.43. The lowest BCUT2D eigenvalue weighted by Crippen LogP contribution is -2.39. The molecule has 2 rings (SSSR count). The molecule has 0 bridgehead atoms. The Morgan fingerprint density at radius 1 is 0.882 bits per heavy atom.